The summed E-state index contributed by atoms with van der Waals surface area (Å²) in [5, 5.41) is 5.79. The molecule has 0 aromatic heterocycles. The first-order valence-corrected chi connectivity index (χ1v) is 4.84. The molecule has 0 aliphatic rings. The molecular weight excluding hydrogens is 216 g/mol. The number of anilines is 2. The van der Waals surface area contributed by atoms with Crippen molar-refractivity contribution in [2.75, 3.05) is 17.7 Å². The molecule has 0 atom stereocenters. The van der Waals surface area contributed by atoms with E-state index in [-0.39, 0.29) is 0 Å². The normalized spacial score (nSPS) is 8.93. The smallest absolute Gasteiger partial charge is 0.144 e. The first-order chi connectivity index (χ1) is 6.81. The number of rotatable bonds is 5. The minimum atomic E-state index is 0.716. The van der Waals surface area contributed by atoms with E-state index in [1.807, 2.05) is 18.2 Å². The topological polar surface area (TPSA) is 33.3 Å². The Labute approximate surface area is 93.5 Å². The molecule has 0 fully saturated rings. The van der Waals surface area contributed by atoms with Gasteiger partial charge in [0.2, 0.25) is 0 Å². The van der Waals surface area contributed by atoms with Gasteiger partial charge in [-0.1, -0.05) is 24.4 Å². The van der Waals surface area contributed by atoms with E-state index in [0.717, 1.165) is 11.4 Å². The lowest BCUT2D eigenvalue weighted by molar-refractivity contribution is 0.417. The van der Waals surface area contributed by atoms with Gasteiger partial charge < -0.3 is 15.4 Å². The maximum atomic E-state index is 5.17. The quantitative estimate of drug-likeness (QED) is 0.754. The van der Waals surface area contributed by atoms with Crippen LogP contribution in [0.25, 0.3) is 0 Å². The van der Waals surface area contributed by atoms with Crippen LogP contribution in [0.5, 0.6) is 5.75 Å². The van der Waals surface area contributed by atoms with Gasteiger partial charge in [-0.2, -0.15) is 0 Å². The summed E-state index contributed by atoms with van der Waals surface area (Å²) in [6.07, 6.45) is 0. The van der Waals surface area contributed by atoms with Crippen LogP contribution in [-0.2, 0) is 0 Å². The number of hydrogen-bond donors (Lipinski definition) is 2. The van der Waals surface area contributed by atoms with E-state index in [1.165, 1.54) is 11.0 Å². The highest BCUT2D eigenvalue weighted by Gasteiger charge is 2.01. The summed E-state index contributed by atoms with van der Waals surface area (Å²) in [6, 6.07) is 5.58. The van der Waals surface area contributed by atoms with E-state index < -0.39 is 0 Å². The van der Waals surface area contributed by atoms with Gasteiger partial charge in [-0.25, -0.2) is 0 Å². The monoisotopic (exact) mass is 226 g/mol. The third-order valence-corrected chi connectivity index (χ3v) is 1.88. The first-order valence-electron chi connectivity index (χ1n) is 3.90. The molecule has 74 valence electrons. The molecular formula is C9H10N2OS2. The van der Waals surface area contributed by atoms with Crippen LogP contribution in [0.2, 0.25) is 0 Å². The maximum Gasteiger partial charge on any atom is 0.144 e. The second-order valence-corrected chi connectivity index (χ2v) is 2.91. The van der Waals surface area contributed by atoms with Crippen molar-refractivity contribution in [2.45, 2.75) is 0 Å². The van der Waals surface area contributed by atoms with Crippen molar-refractivity contribution in [3.8, 4) is 5.75 Å². The molecule has 0 bridgehead atoms. The van der Waals surface area contributed by atoms with Crippen LogP contribution < -0.4 is 15.4 Å². The number of nitrogens with one attached hydrogen (secondary N) is 2. The van der Waals surface area contributed by atoms with Crippen molar-refractivity contribution in [3.05, 3.63) is 18.2 Å². The zero-order chi connectivity index (χ0) is 10.4. The summed E-state index contributed by atoms with van der Waals surface area (Å²) in [5.41, 5.74) is 4.59. The van der Waals surface area contributed by atoms with Crippen LogP contribution in [0.1, 0.15) is 0 Å². The molecule has 2 N–H and O–H groups in total. The predicted octanol–water partition coefficient (Wildman–Crippen LogP) is 2.43. The van der Waals surface area contributed by atoms with Gasteiger partial charge in [0.25, 0.3) is 0 Å². The molecule has 0 unspecified atom stereocenters. The summed E-state index contributed by atoms with van der Waals surface area (Å²) in [7, 11) is 1.60. The molecule has 5 heteroatoms. The highest BCUT2D eigenvalue weighted by molar-refractivity contribution is 7.79. The highest BCUT2D eigenvalue weighted by atomic mass is 32.1. The van der Waals surface area contributed by atoms with Crippen molar-refractivity contribution >= 4 is 46.8 Å². The maximum absolute atomic E-state index is 5.17. The molecule has 3 nitrogen and oxygen atoms in total. The van der Waals surface area contributed by atoms with Gasteiger partial charge in [-0.05, 0) is 12.1 Å². The number of methoxy groups -OCH3 is 1. The SMILES string of the molecule is COc1cc(NC=S)ccc1NC=S. The van der Waals surface area contributed by atoms with E-state index in [9.17, 15) is 0 Å². The molecule has 0 aliphatic heterocycles. The molecule has 0 saturated heterocycles. The lowest BCUT2D eigenvalue weighted by atomic mass is 10.2. The molecule has 1 aromatic rings. The Morgan fingerprint density at radius 3 is 2.50 bits per heavy atom. The molecule has 1 aromatic carbocycles. The third kappa shape index (κ3) is 2.65. The van der Waals surface area contributed by atoms with Crippen molar-refractivity contribution in [1.29, 1.82) is 0 Å². The minimum absolute atomic E-state index is 0.716. The minimum Gasteiger partial charge on any atom is -0.494 e. The summed E-state index contributed by atoms with van der Waals surface area (Å²) >= 11 is 9.38. The number of benzene rings is 1. The lowest BCUT2D eigenvalue weighted by Crippen LogP contribution is -1.98. The zero-order valence-electron chi connectivity index (χ0n) is 7.61. The second-order valence-electron chi connectivity index (χ2n) is 2.44. The Hall–Kier alpha value is -1.20. The summed E-state index contributed by atoms with van der Waals surface area (Å²) in [6.45, 7) is 0. The molecule has 14 heavy (non-hydrogen) atoms. The largest absolute Gasteiger partial charge is 0.494 e. The first kappa shape index (κ1) is 10.9. The molecule has 0 radical (unpaired) electrons. The third-order valence-electron chi connectivity index (χ3n) is 1.64. The second kappa shape index (κ2) is 5.51. The zero-order valence-corrected chi connectivity index (χ0v) is 9.24. The molecule has 1 rings (SSSR count). The predicted molar refractivity (Wildman–Crippen MR) is 67.5 cm³/mol. The fraction of sp³-hybridized carbons (Fsp3) is 0.111. The standard InChI is InChI=1S/C9H10N2OS2/c1-12-9-4-7(10-5-13)2-3-8(9)11-6-14/h2-6H,1H3,(H,10,13)(H,11,14). The average molecular weight is 226 g/mol. The van der Waals surface area contributed by atoms with Crippen LogP contribution in [-0.4, -0.2) is 18.1 Å². The molecule has 0 spiro atoms. The van der Waals surface area contributed by atoms with Gasteiger partial charge in [0.05, 0.1) is 23.8 Å². The Balaban J connectivity index is 2.97. The van der Waals surface area contributed by atoms with Gasteiger partial charge in [-0.3, -0.25) is 0 Å². The molecule has 0 amide bonds. The summed E-state index contributed by atoms with van der Waals surface area (Å²) in [5.74, 6) is 0.716. The van der Waals surface area contributed by atoms with Crippen molar-refractivity contribution in [2.24, 2.45) is 0 Å². The summed E-state index contributed by atoms with van der Waals surface area (Å²) in [4.78, 5) is 0. The van der Waals surface area contributed by atoms with Crippen molar-refractivity contribution in [1.82, 2.24) is 0 Å². The van der Waals surface area contributed by atoms with E-state index in [0.29, 0.717) is 5.75 Å². The van der Waals surface area contributed by atoms with Gasteiger partial charge in [0.1, 0.15) is 5.75 Å². The van der Waals surface area contributed by atoms with Gasteiger partial charge >= 0.3 is 0 Å². The van der Waals surface area contributed by atoms with Crippen molar-refractivity contribution < 1.29 is 4.74 Å². The Kier molecular flexibility index (Phi) is 4.28. The number of thiocarbonyl (C=S) groups is 2. The van der Waals surface area contributed by atoms with E-state index in [2.05, 4.69) is 22.9 Å². The molecule has 0 saturated carbocycles. The van der Waals surface area contributed by atoms with Gasteiger partial charge in [0.15, 0.2) is 0 Å². The van der Waals surface area contributed by atoms with E-state index in [1.54, 1.807) is 7.11 Å². The molecule has 0 aliphatic carbocycles. The Morgan fingerprint density at radius 2 is 1.93 bits per heavy atom. The Morgan fingerprint density at radius 1 is 1.21 bits per heavy atom. The fourth-order valence-electron chi connectivity index (χ4n) is 1.03. The number of ether oxygens (including phenoxy) is 1. The van der Waals surface area contributed by atoms with Crippen LogP contribution in [0.15, 0.2) is 18.2 Å². The fourth-order valence-corrected chi connectivity index (χ4v) is 1.29. The van der Waals surface area contributed by atoms with Crippen LogP contribution >= 0.6 is 24.4 Å². The number of hydrogen-bond acceptors (Lipinski definition) is 3. The van der Waals surface area contributed by atoms with Gasteiger partial charge in [0, 0.05) is 11.8 Å². The van der Waals surface area contributed by atoms with Crippen molar-refractivity contribution in [3.63, 3.8) is 0 Å². The van der Waals surface area contributed by atoms with Crippen LogP contribution in [0.3, 0.4) is 0 Å². The highest BCUT2D eigenvalue weighted by Crippen LogP contribution is 2.27. The van der Waals surface area contributed by atoms with E-state index >= 15 is 0 Å². The van der Waals surface area contributed by atoms with E-state index in [4.69, 9.17) is 17.0 Å². The summed E-state index contributed by atoms with van der Waals surface area (Å²) < 4.78 is 5.17. The van der Waals surface area contributed by atoms with Crippen LogP contribution in [0.4, 0.5) is 11.4 Å². The average Bonchev–Trinajstić information content (AvgIpc) is 2.21. The van der Waals surface area contributed by atoms with Gasteiger partial charge in [-0.15, -0.1) is 0 Å². The van der Waals surface area contributed by atoms with Crippen LogP contribution in [0, 0.1) is 0 Å². The Bertz CT molecular complexity index is 342. The molecule has 0 heterocycles. The lowest BCUT2D eigenvalue weighted by Gasteiger charge is -2.09.